The zero-order valence-electron chi connectivity index (χ0n) is 22.3. The number of amides is 1. The summed E-state index contributed by atoms with van der Waals surface area (Å²) >= 11 is 5.96. The van der Waals surface area contributed by atoms with Gasteiger partial charge in [0.1, 0.15) is 30.7 Å². The molecule has 41 heavy (non-hydrogen) atoms. The second kappa shape index (κ2) is 13.0. The van der Waals surface area contributed by atoms with Crippen molar-refractivity contribution >= 4 is 29.1 Å². The Labute approximate surface area is 242 Å². The summed E-state index contributed by atoms with van der Waals surface area (Å²) in [6.45, 7) is 0.764. The van der Waals surface area contributed by atoms with Crippen molar-refractivity contribution in [3.8, 4) is 11.5 Å². The van der Waals surface area contributed by atoms with Crippen LogP contribution in [-0.2, 0) is 29.2 Å². The van der Waals surface area contributed by atoms with E-state index < -0.39 is 17.9 Å². The maximum absolute atomic E-state index is 13.2. The molecule has 0 radical (unpaired) electrons. The van der Waals surface area contributed by atoms with E-state index >= 15 is 0 Å². The van der Waals surface area contributed by atoms with Gasteiger partial charge >= 0.3 is 5.97 Å². The van der Waals surface area contributed by atoms with Gasteiger partial charge in [0.25, 0.3) is 5.91 Å². The van der Waals surface area contributed by atoms with Crippen LogP contribution in [0.25, 0.3) is 5.65 Å². The molecule has 1 atom stereocenters. The molecule has 8 nitrogen and oxygen atoms in total. The zero-order chi connectivity index (χ0) is 28.6. The Balaban J connectivity index is 1.24. The van der Waals surface area contributed by atoms with Crippen LogP contribution in [0.2, 0.25) is 5.02 Å². The van der Waals surface area contributed by atoms with Crippen LogP contribution in [0.15, 0.2) is 103 Å². The number of hydrogen-bond acceptors (Lipinski definition) is 6. The molecular formula is C32H28ClN3O5. The molecule has 208 valence electrons. The van der Waals surface area contributed by atoms with Crippen molar-refractivity contribution in [1.82, 2.24) is 14.7 Å². The fourth-order valence-corrected chi connectivity index (χ4v) is 4.34. The molecule has 0 fully saturated rings. The Morgan fingerprint density at radius 1 is 0.854 bits per heavy atom. The Morgan fingerprint density at radius 3 is 2.27 bits per heavy atom. The summed E-state index contributed by atoms with van der Waals surface area (Å²) < 4.78 is 18.5. The molecule has 0 aliphatic heterocycles. The SMILES string of the molecule is COC(=O)[C@H](Cc1ccc(OCc2ccccc2)cc1)NC(=O)c1cn2cccc(OCc3ccc(Cl)cc3)c2n1. The summed E-state index contributed by atoms with van der Waals surface area (Å²) in [6, 6.07) is 27.3. The molecular weight excluding hydrogens is 542 g/mol. The maximum Gasteiger partial charge on any atom is 0.328 e. The van der Waals surface area contributed by atoms with Gasteiger partial charge in [-0.05, 0) is 53.1 Å². The molecule has 5 aromatic rings. The maximum atomic E-state index is 13.2. The molecule has 0 unspecified atom stereocenters. The van der Waals surface area contributed by atoms with Crippen LogP contribution in [0.4, 0.5) is 0 Å². The number of pyridine rings is 1. The molecule has 1 amide bonds. The second-order valence-corrected chi connectivity index (χ2v) is 9.75. The summed E-state index contributed by atoms with van der Waals surface area (Å²) in [5, 5.41) is 3.41. The van der Waals surface area contributed by atoms with Crippen molar-refractivity contribution in [3.63, 3.8) is 0 Å². The number of esters is 1. The molecule has 0 aliphatic rings. The number of carbonyl (C=O) groups is 2. The first-order chi connectivity index (χ1) is 20.0. The minimum atomic E-state index is -0.908. The third-order valence-electron chi connectivity index (χ3n) is 6.39. The molecule has 9 heteroatoms. The zero-order valence-corrected chi connectivity index (χ0v) is 23.1. The number of fused-ring (bicyclic) bond motifs is 1. The fourth-order valence-electron chi connectivity index (χ4n) is 4.22. The number of halogens is 1. The Kier molecular flexibility index (Phi) is 8.81. The van der Waals surface area contributed by atoms with Crippen molar-refractivity contribution in [3.05, 3.63) is 131 Å². The molecule has 1 N–H and O–H groups in total. The minimum Gasteiger partial charge on any atom is -0.489 e. The summed E-state index contributed by atoms with van der Waals surface area (Å²) in [6.07, 6.45) is 3.60. The molecule has 0 aliphatic carbocycles. The number of ether oxygens (including phenoxy) is 3. The van der Waals surface area contributed by atoms with Crippen molar-refractivity contribution in [2.24, 2.45) is 0 Å². The van der Waals surface area contributed by atoms with Gasteiger partial charge in [-0.25, -0.2) is 9.78 Å². The van der Waals surface area contributed by atoms with Gasteiger partial charge in [0.2, 0.25) is 0 Å². The summed E-state index contributed by atoms with van der Waals surface area (Å²) in [7, 11) is 1.29. The Bertz CT molecular complexity index is 1620. The highest BCUT2D eigenvalue weighted by Gasteiger charge is 2.24. The van der Waals surface area contributed by atoms with Crippen LogP contribution >= 0.6 is 11.6 Å². The second-order valence-electron chi connectivity index (χ2n) is 9.32. The molecule has 0 bridgehead atoms. The van der Waals surface area contributed by atoms with E-state index in [1.807, 2.05) is 66.7 Å². The quantitative estimate of drug-likeness (QED) is 0.206. The molecule has 0 spiro atoms. The van der Waals surface area contributed by atoms with Crippen LogP contribution in [0.1, 0.15) is 27.2 Å². The van der Waals surface area contributed by atoms with Crippen molar-refractivity contribution in [2.45, 2.75) is 25.7 Å². The van der Waals surface area contributed by atoms with Crippen molar-refractivity contribution in [1.29, 1.82) is 0 Å². The van der Waals surface area contributed by atoms with Crippen LogP contribution in [0.3, 0.4) is 0 Å². The normalized spacial score (nSPS) is 11.6. The Hall–Kier alpha value is -4.82. The van der Waals surface area contributed by atoms with Crippen molar-refractivity contribution < 1.29 is 23.8 Å². The van der Waals surface area contributed by atoms with E-state index in [0.717, 1.165) is 16.7 Å². The smallest absolute Gasteiger partial charge is 0.328 e. The first kappa shape index (κ1) is 27.7. The van der Waals surface area contributed by atoms with Gasteiger partial charge in [0.05, 0.1) is 7.11 Å². The first-order valence-corrected chi connectivity index (χ1v) is 13.4. The van der Waals surface area contributed by atoms with Crippen LogP contribution in [0.5, 0.6) is 11.5 Å². The largest absolute Gasteiger partial charge is 0.489 e. The highest BCUT2D eigenvalue weighted by molar-refractivity contribution is 6.30. The molecule has 2 heterocycles. The molecule has 5 rings (SSSR count). The number of nitrogens with one attached hydrogen (secondary N) is 1. The van der Waals surface area contributed by atoms with Gasteiger partial charge in [-0.1, -0.05) is 66.2 Å². The average Bonchev–Trinajstić information content (AvgIpc) is 3.46. The molecule has 3 aromatic carbocycles. The standard InChI is InChI=1S/C32H28ClN3O5/c1-39-32(38)27(18-22-11-15-26(16-12-22)40-20-23-6-3-2-4-7-23)35-31(37)28-19-36-17-5-8-29(30(36)34-28)41-21-24-9-13-25(33)14-10-24/h2-17,19,27H,18,20-21H2,1H3,(H,35,37)/t27-/m0/s1. The Morgan fingerprint density at radius 2 is 1.54 bits per heavy atom. The number of hydrogen-bond donors (Lipinski definition) is 1. The highest BCUT2D eigenvalue weighted by atomic mass is 35.5. The third-order valence-corrected chi connectivity index (χ3v) is 6.64. The fraction of sp³-hybridized carbons (Fsp3) is 0.156. The molecule has 0 saturated heterocycles. The number of carbonyl (C=O) groups excluding carboxylic acids is 2. The van der Waals surface area contributed by atoms with E-state index in [-0.39, 0.29) is 12.1 Å². The van der Waals surface area contributed by atoms with Crippen LogP contribution in [-0.4, -0.2) is 34.4 Å². The van der Waals surface area contributed by atoms with E-state index in [1.165, 1.54) is 7.11 Å². The lowest BCUT2D eigenvalue weighted by atomic mass is 10.1. The monoisotopic (exact) mass is 569 g/mol. The summed E-state index contributed by atoms with van der Waals surface area (Å²) in [5.41, 5.74) is 3.47. The number of aromatic nitrogens is 2. The molecule has 0 saturated carbocycles. The van der Waals surface area contributed by atoms with Gasteiger partial charge < -0.3 is 23.9 Å². The lowest BCUT2D eigenvalue weighted by Gasteiger charge is -2.16. The van der Waals surface area contributed by atoms with E-state index in [1.54, 1.807) is 41.1 Å². The highest BCUT2D eigenvalue weighted by Crippen LogP contribution is 2.21. The average molecular weight is 570 g/mol. The van der Waals surface area contributed by atoms with E-state index in [9.17, 15) is 9.59 Å². The van der Waals surface area contributed by atoms with E-state index in [4.69, 9.17) is 25.8 Å². The van der Waals surface area contributed by atoms with Crippen LogP contribution in [0, 0.1) is 0 Å². The first-order valence-electron chi connectivity index (χ1n) is 13.0. The number of benzene rings is 3. The summed E-state index contributed by atoms with van der Waals surface area (Å²) in [4.78, 5) is 30.2. The van der Waals surface area contributed by atoms with E-state index in [0.29, 0.717) is 35.4 Å². The van der Waals surface area contributed by atoms with Gasteiger partial charge in [-0.2, -0.15) is 0 Å². The third kappa shape index (κ3) is 7.23. The lowest BCUT2D eigenvalue weighted by molar-refractivity contribution is -0.142. The van der Waals surface area contributed by atoms with Gasteiger partial charge in [-0.15, -0.1) is 0 Å². The number of rotatable bonds is 11. The predicted octanol–water partition coefficient (Wildman–Crippen LogP) is 5.66. The topological polar surface area (TPSA) is 91.2 Å². The summed E-state index contributed by atoms with van der Waals surface area (Å²) in [5.74, 6) is 0.157. The number of nitrogens with zero attached hydrogens (tertiary/aromatic N) is 2. The number of methoxy groups -OCH3 is 1. The number of imidazole rings is 1. The predicted molar refractivity (Wildman–Crippen MR) is 155 cm³/mol. The van der Waals surface area contributed by atoms with Crippen LogP contribution < -0.4 is 14.8 Å². The molecule has 2 aromatic heterocycles. The van der Waals surface area contributed by atoms with Crippen molar-refractivity contribution in [2.75, 3.05) is 7.11 Å². The van der Waals surface area contributed by atoms with Gasteiger partial charge in [0, 0.05) is 23.8 Å². The minimum absolute atomic E-state index is 0.145. The van der Waals surface area contributed by atoms with Gasteiger partial charge in [0.15, 0.2) is 11.4 Å². The van der Waals surface area contributed by atoms with E-state index in [2.05, 4.69) is 10.3 Å². The lowest BCUT2D eigenvalue weighted by Crippen LogP contribution is -2.43. The van der Waals surface area contributed by atoms with Gasteiger partial charge in [-0.3, -0.25) is 4.79 Å².